The Balaban J connectivity index is 1.65. The zero-order valence-electron chi connectivity index (χ0n) is 10.9. The highest BCUT2D eigenvalue weighted by atomic mass is 19.1. The molecular formula is C15H15F2N3. The zero-order chi connectivity index (χ0) is 13.7. The lowest BCUT2D eigenvalue weighted by Gasteiger charge is -2.17. The molecule has 3 unspecified atom stereocenters. The van der Waals surface area contributed by atoms with E-state index in [2.05, 4.69) is 15.3 Å². The van der Waals surface area contributed by atoms with Crippen LogP contribution in [-0.4, -0.2) is 22.1 Å². The van der Waals surface area contributed by atoms with Crippen LogP contribution in [0, 0.1) is 11.6 Å². The number of fused-ring (bicyclic) bond motifs is 2. The fourth-order valence-corrected chi connectivity index (χ4v) is 3.50. The molecular weight excluding hydrogens is 260 g/mol. The van der Waals surface area contributed by atoms with Crippen molar-refractivity contribution in [2.75, 3.05) is 0 Å². The number of benzene rings is 1. The van der Waals surface area contributed by atoms with Crippen LogP contribution in [0.4, 0.5) is 8.78 Å². The van der Waals surface area contributed by atoms with Crippen LogP contribution in [0.2, 0.25) is 0 Å². The van der Waals surface area contributed by atoms with Crippen LogP contribution >= 0.6 is 0 Å². The maximum atomic E-state index is 13.8. The first-order chi connectivity index (χ1) is 9.70. The van der Waals surface area contributed by atoms with Gasteiger partial charge in [-0.1, -0.05) is 0 Å². The van der Waals surface area contributed by atoms with Crippen LogP contribution in [0.15, 0.2) is 24.4 Å². The second kappa shape index (κ2) is 4.38. The molecule has 0 spiro atoms. The lowest BCUT2D eigenvalue weighted by atomic mass is 9.89. The van der Waals surface area contributed by atoms with E-state index in [9.17, 15) is 8.78 Å². The van der Waals surface area contributed by atoms with Crippen molar-refractivity contribution in [3.63, 3.8) is 0 Å². The van der Waals surface area contributed by atoms with Crippen molar-refractivity contribution in [3.05, 3.63) is 41.9 Å². The summed E-state index contributed by atoms with van der Waals surface area (Å²) in [5.41, 5.74) is 0.974. The minimum absolute atomic E-state index is 0.362. The normalized spacial score (nSPS) is 28.2. The number of H-pyrrole nitrogens is 1. The summed E-state index contributed by atoms with van der Waals surface area (Å²) in [6.07, 6.45) is 5.14. The molecule has 3 nitrogen and oxygen atoms in total. The quantitative estimate of drug-likeness (QED) is 0.884. The molecule has 3 heterocycles. The summed E-state index contributed by atoms with van der Waals surface area (Å²) < 4.78 is 26.7. The van der Waals surface area contributed by atoms with Gasteiger partial charge < -0.3 is 10.3 Å². The SMILES string of the molecule is Fc1ccc(-c2cnc(C3CC4CCC3N4)[nH]2)c(F)c1. The molecule has 2 aromatic rings. The summed E-state index contributed by atoms with van der Waals surface area (Å²) in [6.45, 7) is 0. The Morgan fingerprint density at radius 3 is 2.80 bits per heavy atom. The molecule has 2 fully saturated rings. The Labute approximate surface area is 115 Å². The van der Waals surface area contributed by atoms with E-state index in [0.717, 1.165) is 18.3 Å². The smallest absolute Gasteiger partial charge is 0.135 e. The summed E-state index contributed by atoms with van der Waals surface area (Å²) in [6, 6.07) is 4.69. The van der Waals surface area contributed by atoms with E-state index in [0.29, 0.717) is 29.3 Å². The van der Waals surface area contributed by atoms with E-state index >= 15 is 0 Å². The van der Waals surface area contributed by atoms with Crippen LogP contribution in [0.25, 0.3) is 11.3 Å². The Morgan fingerprint density at radius 2 is 2.10 bits per heavy atom. The molecule has 0 radical (unpaired) electrons. The van der Waals surface area contributed by atoms with Crippen molar-refractivity contribution >= 4 is 0 Å². The molecule has 0 saturated carbocycles. The standard InChI is InChI=1S/C15H15F2N3/c16-8-1-3-10(12(17)5-8)14-7-18-15(20-14)11-6-9-2-4-13(11)19-9/h1,3,5,7,9,11,13,19H,2,4,6H2,(H,18,20). The summed E-state index contributed by atoms with van der Waals surface area (Å²) in [7, 11) is 0. The van der Waals surface area contributed by atoms with Gasteiger partial charge in [-0.15, -0.1) is 0 Å². The highest BCUT2D eigenvalue weighted by Gasteiger charge is 2.41. The molecule has 5 heteroatoms. The molecule has 0 aliphatic carbocycles. The van der Waals surface area contributed by atoms with Gasteiger partial charge in [-0.25, -0.2) is 13.8 Å². The molecule has 2 saturated heterocycles. The van der Waals surface area contributed by atoms with Crippen molar-refractivity contribution in [2.45, 2.75) is 37.3 Å². The molecule has 104 valence electrons. The van der Waals surface area contributed by atoms with E-state index < -0.39 is 11.6 Å². The minimum atomic E-state index is -0.566. The number of rotatable bonds is 2. The molecule has 2 N–H and O–H groups in total. The second-order valence-corrected chi connectivity index (χ2v) is 5.70. The molecule has 1 aromatic carbocycles. The third kappa shape index (κ3) is 1.85. The minimum Gasteiger partial charge on any atom is -0.342 e. The first-order valence-electron chi connectivity index (χ1n) is 6.97. The van der Waals surface area contributed by atoms with Gasteiger partial charge >= 0.3 is 0 Å². The van der Waals surface area contributed by atoms with E-state index in [-0.39, 0.29) is 0 Å². The van der Waals surface area contributed by atoms with Crippen LogP contribution in [0.5, 0.6) is 0 Å². The van der Waals surface area contributed by atoms with Gasteiger partial charge in [0.15, 0.2) is 0 Å². The number of hydrogen-bond acceptors (Lipinski definition) is 2. The first-order valence-corrected chi connectivity index (χ1v) is 6.97. The number of nitrogens with zero attached hydrogens (tertiary/aromatic N) is 1. The molecule has 2 aliphatic heterocycles. The average Bonchev–Trinajstić information content (AvgIpc) is 3.14. The van der Waals surface area contributed by atoms with E-state index in [1.165, 1.54) is 25.0 Å². The molecule has 0 amide bonds. The van der Waals surface area contributed by atoms with Gasteiger partial charge in [0.05, 0.1) is 11.9 Å². The summed E-state index contributed by atoms with van der Waals surface area (Å²) in [4.78, 5) is 7.60. The van der Waals surface area contributed by atoms with Gasteiger partial charge in [0, 0.05) is 29.6 Å². The zero-order valence-corrected chi connectivity index (χ0v) is 10.9. The average molecular weight is 275 g/mol. The lowest BCUT2D eigenvalue weighted by Crippen LogP contribution is -2.22. The van der Waals surface area contributed by atoms with Gasteiger partial charge in [0.1, 0.15) is 17.5 Å². The maximum Gasteiger partial charge on any atom is 0.135 e. The van der Waals surface area contributed by atoms with Crippen molar-refractivity contribution in [1.29, 1.82) is 0 Å². The highest BCUT2D eigenvalue weighted by Crippen LogP contribution is 2.39. The van der Waals surface area contributed by atoms with Gasteiger partial charge in [0.2, 0.25) is 0 Å². The van der Waals surface area contributed by atoms with Gasteiger partial charge in [-0.2, -0.15) is 0 Å². The van der Waals surface area contributed by atoms with E-state index in [1.54, 1.807) is 6.20 Å². The molecule has 2 bridgehead atoms. The number of halogens is 2. The Morgan fingerprint density at radius 1 is 1.20 bits per heavy atom. The number of nitrogens with one attached hydrogen (secondary N) is 2. The van der Waals surface area contributed by atoms with Crippen molar-refractivity contribution in [1.82, 2.24) is 15.3 Å². The van der Waals surface area contributed by atoms with Crippen molar-refractivity contribution in [3.8, 4) is 11.3 Å². The molecule has 4 rings (SSSR count). The highest BCUT2D eigenvalue weighted by molar-refractivity contribution is 5.59. The number of hydrogen-bond donors (Lipinski definition) is 2. The largest absolute Gasteiger partial charge is 0.342 e. The van der Waals surface area contributed by atoms with Crippen molar-refractivity contribution in [2.24, 2.45) is 0 Å². The molecule has 3 atom stereocenters. The number of aromatic amines is 1. The second-order valence-electron chi connectivity index (χ2n) is 5.70. The molecule has 1 aromatic heterocycles. The topological polar surface area (TPSA) is 40.7 Å². The molecule has 2 aliphatic rings. The monoisotopic (exact) mass is 275 g/mol. The summed E-state index contributed by atoms with van der Waals surface area (Å²) in [5, 5.41) is 3.56. The molecule has 20 heavy (non-hydrogen) atoms. The maximum absolute atomic E-state index is 13.8. The Kier molecular flexibility index (Phi) is 2.63. The fourth-order valence-electron chi connectivity index (χ4n) is 3.50. The first kappa shape index (κ1) is 12.0. The van der Waals surface area contributed by atoms with Gasteiger partial charge in [-0.3, -0.25) is 0 Å². The summed E-state index contributed by atoms with van der Waals surface area (Å²) in [5.74, 6) is 0.156. The predicted molar refractivity (Wildman–Crippen MR) is 71.2 cm³/mol. The van der Waals surface area contributed by atoms with Crippen LogP contribution in [0.3, 0.4) is 0 Å². The van der Waals surface area contributed by atoms with Gasteiger partial charge in [-0.05, 0) is 31.4 Å². The Bertz CT molecular complexity index is 652. The van der Waals surface area contributed by atoms with Crippen LogP contribution in [0.1, 0.15) is 31.0 Å². The Hall–Kier alpha value is -1.75. The van der Waals surface area contributed by atoms with Gasteiger partial charge in [0.25, 0.3) is 0 Å². The van der Waals surface area contributed by atoms with Crippen molar-refractivity contribution < 1.29 is 8.78 Å². The third-order valence-electron chi connectivity index (χ3n) is 4.47. The number of aromatic nitrogens is 2. The van der Waals surface area contributed by atoms with E-state index in [4.69, 9.17) is 0 Å². The van der Waals surface area contributed by atoms with Crippen LogP contribution < -0.4 is 5.32 Å². The van der Waals surface area contributed by atoms with Crippen LogP contribution in [-0.2, 0) is 0 Å². The predicted octanol–water partition coefficient (Wildman–Crippen LogP) is 2.96. The fraction of sp³-hybridized carbons (Fsp3) is 0.400. The third-order valence-corrected chi connectivity index (χ3v) is 4.47. The van der Waals surface area contributed by atoms with E-state index in [1.807, 2.05) is 0 Å². The summed E-state index contributed by atoms with van der Waals surface area (Å²) >= 11 is 0. The number of imidazole rings is 1. The lowest BCUT2D eigenvalue weighted by molar-refractivity contribution is 0.490.